The monoisotopic (exact) mass is 365 g/mol. The van der Waals surface area contributed by atoms with Crippen molar-refractivity contribution in [3.05, 3.63) is 10.4 Å². The van der Waals surface area contributed by atoms with Gasteiger partial charge in [0, 0.05) is 11.3 Å². The van der Waals surface area contributed by atoms with E-state index >= 15 is 0 Å². The summed E-state index contributed by atoms with van der Waals surface area (Å²) in [5.74, 6) is -0.320. The van der Waals surface area contributed by atoms with Gasteiger partial charge in [0.2, 0.25) is 5.91 Å². The second kappa shape index (κ2) is 22.0. The maximum Gasteiger partial charge on any atom is 0.218 e. The van der Waals surface area contributed by atoms with Gasteiger partial charge in [0.15, 0.2) is 0 Å². The van der Waals surface area contributed by atoms with Gasteiger partial charge in [-0.3, -0.25) is 4.79 Å². The quantitative estimate of drug-likeness (QED) is 0.0920. The van der Waals surface area contributed by atoms with Gasteiger partial charge in [-0.1, -0.05) is 122 Å². The third kappa shape index (κ3) is 21.0. The summed E-state index contributed by atoms with van der Waals surface area (Å²) in [6.07, 6.45) is 26.0. The van der Waals surface area contributed by atoms with Crippen LogP contribution in [0.5, 0.6) is 0 Å². The van der Waals surface area contributed by atoms with Crippen LogP contribution in [0.2, 0.25) is 0 Å². The van der Waals surface area contributed by atoms with Gasteiger partial charge in [-0.25, -0.2) is 0 Å². The van der Waals surface area contributed by atoms with E-state index in [2.05, 4.69) is 16.9 Å². The molecule has 0 fully saturated rings. The number of hydrogen-bond donors (Lipinski definition) is 0. The molecule has 0 spiro atoms. The molecule has 0 bridgehead atoms. The number of carbonyl (C=O) groups is 1. The molecule has 0 atom stereocenters. The van der Waals surface area contributed by atoms with Crippen molar-refractivity contribution in [1.29, 1.82) is 0 Å². The Morgan fingerprint density at radius 3 is 1.23 bits per heavy atom. The van der Waals surface area contributed by atoms with E-state index < -0.39 is 0 Å². The summed E-state index contributed by atoms with van der Waals surface area (Å²) in [6, 6.07) is 0. The molecule has 152 valence electrons. The zero-order valence-corrected chi connectivity index (χ0v) is 17.4. The van der Waals surface area contributed by atoms with Gasteiger partial charge >= 0.3 is 0 Å². The van der Waals surface area contributed by atoms with E-state index in [-0.39, 0.29) is 5.91 Å². The van der Waals surface area contributed by atoms with Gasteiger partial charge in [0.1, 0.15) is 0 Å². The number of carbonyl (C=O) groups excluding carboxylic acids is 1. The van der Waals surface area contributed by atoms with Gasteiger partial charge in [-0.05, 0) is 17.1 Å². The second-order valence-electron chi connectivity index (χ2n) is 7.70. The molecule has 0 radical (unpaired) electrons. The van der Waals surface area contributed by atoms with Crippen molar-refractivity contribution in [2.24, 2.45) is 5.11 Å². The molecule has 4 nitrogen and oxygen atoms in total. The average molecular weight is 366 g/mol. The highest BCUT2D eigenvalue weighted by molar-refractivity contribution is 5.76. The van der Waals surface area contributed by atoms with Crippen molar-refractivity contribution in [2.75, 3.05) is 0 Å². The fourth-order valence-corrected chi connectivity index (χ4v) is 3.45. The normalized spacial score (nSPS) is 10.7. The third-order valence-electron chi connectivity index (χ3n) is 5.15. The molecule has 0 N–H and O–H groups in total. The maximum absolute atomic E-state index is 11.0. The number of rotatable bonds is 20. The zero-order valence-electron chi connectivity index (χ0n) is 17.4. The van der Waals surface area contributed by atoms with E-state index in [1.54, 1.807) is 0 Å². The Balaban J connectivity index is 3.05. The summed E-state index contributed by atoms with van der Waals surface area (Å²) >= 11 is 0. The molecule has 0 saturated heterocycles. The van der Waals surface area contributed by atoms with Crippen molar-refractivity contribution in [3.8, 4) is 0 Å². The molecule has 0 aromatic rings. The highest BCUT2D eigenvalue weighted by Gasteiger charge is 1.98. The Bertz CT molecular complexity index is 351. The second-order valence-corrected chi connectivity index (χ2v) is 7.70. The van der Waals surface area contributed by atoms with E-state index in [4.69, 9.17) is 5.53 Å². The van der Waals surface area contributed by atoms with E-state index in [1.807, 2.05) is 0 Å². The first kappa shape index (κ1) is 25.0. The first-order chi connectivity index (χ1) is 12.8. The minimum absolute atomic E-state index is 0.320. The Morgan fingerprint density at radius 1 is 0.615 bits per heavy atom. The summed E-state index contributed by atoms with van der Waals surface area (Å²) in [5.41, 5.74) is 8.13. The van der Waals surface area contributed by atoms with Crippen LogP contribution in [-0.2, 0) is 4.79 Å². The fourth-order valence-electron chi connectivity index (χ4n) is 3.45. The Hall–Kier alpha value is -1.02. The fraction of sp³-hybridized carbons (Fsp3) is 0.955. The van der Waals surface area contributed by atoms with E-state index in [0.717, 1.165) is 12.8 Å². The summed E-state index contributed by atoms with van der Waals surface area (Å²) in [6.45, 7) is 2.28. The molecule has 0 unspecified atom stereocenters. The van der Waals surface area contributed by atoms with Crippen molar-refractivity contribution >= 4 is 5.91 Å². The predicted molar refractivity (Wildman–Crippen MR) is 112 cm³/mol. The molecule has 4 heteroatoms. The van der Waals surface area contributed by atoms with Crippen molar-refractivity contribution in [1.82, 2.24) is 0 Å². The molecular weight excluding hydrogens is 322 g/mol. The summed E-state index contributed by atoms with van der Waals surface area (Å²) in [7, 11) is 0. The van der Waals surface area contributed by atoms with Crippen molar-refractivity contribution < 1.29 is 4.79 Å². The molecule has 0 aliphatic rings. The van der Waals surface area contributed by atoms with Gasteiger partial charge in [0.25, 0.3) is 0 Å². The van der Waals surface area contributed by atoms with Crippen LogP contribution in [0.3, 0.4) is 0 Å². The van der Waals surface area contributed by atoms with E-state index in [0.29, 0.717) is 6.42 Å². The molecule has 26 heavy (non-hydrogen) atoms. The topological polar surface area (TPSA) is 65.8 Å². The maximum atomic E-state index is 11.0. The molecule has 1 amide bonds. The number of azide groups is 1. The Labute approximate surface area is 162 Å². The molecule has 0 saturated carbocycles. The standard InChI is InChI=1S/C22H43N3O/c1-2-3-4-5-6-7-8-9-10-11-12-13-14-15-16-17-18-19-20-21-22(26)24-25-23/h2-21H2,1H3. The lowest BCUT2D eigenvalue weighted by molar-refractivity contribution is -0.118. The molecule has 0 aliphatic heterocycles. The van der Waals surface area contributed by atoms with Crippen LogP contribution in [-0.4, -0.2) is 5.91 Å². The van der Waals surface area contributed by atoms with Crippen LogP contribution in [0, 0.1) is 0 Å². The van der Waals surface area contributed by atoms with Crippen LogP contribution in [0.4, 0.5) is 0 Å². The van der Waals surface area contributed by atoms with Gasteiger partial charge in [-0.2, -0.15) is 0 Å². The van der Waals surface area contributed by atoms with E-state index in [1.165, 1.54) is 109 Å². The molecular formula is C22H43N3O. The third-order valence-corrected chi connectivity index (χ3v) is 5.15. The SMILES string of the molecule is CCCCCCCCCCCCCCCCCCCCCC(=O)N=[N+]=[N-]. The number of hydrogen-bond acceptors (Lipinski definition) is 1. The molecule has 0 heterocycles. The lowest BCUT2D eigenvalue weighted by atomic mass is 10.0. The number of amides is 1. The number of unbranched alkanes of at least 4 members (excludes halogenated alkanes) is 18. The molecule has 0 aromatic heterocycles. The minimum atomic E-state index is -0.320. The zero-order chi connectivity index (χ0) is 19.1. The molecule has 0 rings (SSSR count). The predicted octanol–water partition coefficient (Wildman–Crippen LogP) is 8.65. The Kier molecular flexibility index (Phi) is 21.2. The molecule has 0 aliphatic carbocycles. The summed E-state index contributed by atoms with van der Waals surface area (Å²) in [4.78, 5) is 13.5. The minimum Gasteiger partial charge on any atom is -0.293 e. The van der Waals surface area contributed by atoms with Gasteiger partial charge in [0.05, 0.1) is 0 Å². The van der Waals surface area contributed by atoms with Crippen LogP contribution < -0.4 is 0 Å². The first-order valence-electron chi connectivity index (χ1n) is 11.4. The summed E-state index contributed by atoms with van der Waals surface area (Å²) < 4.78 is 0. The highest BCUT2D eigenvalue weighted by Crippen LogP contribution is 2.14. The summed E-state index contributed by atoms with van der Waals surface area (Å²) in [5, 5.41) is 3.08. The lowest BCUT2D eigenvalue weighted by Crippen LogP contribution is -1.91. The van der Waals surface area contributed by atoms with E-state index in [9.17, 15) is 4.79 Å². The first-order valence-corrected chi connectivity index (χ1v) is 11.4. The Morgan fingerprint density at radius 2 is 0.923 bits per heavy atom. The van der Waals surface area contributed by atoms with Crippen LogP contribution in [0.25, 0.3) is 10.4 Å². The largest absolute Gasteiger partial charge is 0.293 e. The smallest absolute Gasteiger partial charge is 0.218 e. The van der Waals surface area contributed by atoms with Crippen molar-refractivity contribution in [3.63, 3.8) is 0 Å². The molecule has 0 aromatic carbocycles. The van der Waals surface area contributed by atoms with Crippen LogP contribution in [0.1, 0.15) is 135 Å². The lowest BCUT2D eigenvalue weighted by Gasteiger charge is -2.03. The average Bonchev–Trinajstić information content (AvgIpc) is 2.64. The van der Waals surface area contributed by atoms with Crippen LogP contribution in [0.15, 0.2) is 5.11 Å². The van der Waals surface area contributed by atoms with Gasteiger partial charge in [-0.15, -0.1) is 0 Å². The van der Waals surface area contributed by atoms with Crippen molar-refractivity contribution in [2.45, 2.75) is 135 Å². The number of nitrogens with zero attached hydrogens (tertiary/aromatic N) is 3. The van der Waals surface area contributed by atoms with Gasteiger partial charge < -0.3 is 0 Å². The van der Waals surface area contributed by atoms with Crippen LogP contribution >= 0.6 is 0 Å². The highest BCUT2D eigenvalue weighted by atomic mass is 16.1.